The number of aryl methyl sites for hydroxylation is 4. The molecule has 0 spiro atoms. The number of hydrogen-bond donors (Lipinski definition) is 0. The first kappa shape index (κ1) is 23.6. The predicted molar refractivity (Wildman–Crippen MR) is 120 cm³/mol. The molecule has 0 bridgehead atoms. The molecular formula is C22H21O6PS2-2. The highest BCUT2D eigenvalue weighted by atomic mass is 32.2. The van der Waals surface area contributed by atoms with Crippen LogP contribution >= 0.6 is 7.92 Å². The van der Waals surface area contributed by atoms with Crippen LogP contribution in [0.4, 0.5) is 0 Å². The monoisotopic (exact) mass is 476 g/mol. The maximum absolute atomic E-state index is 11.8. The van der Waals surface area contributed by atoms with Gasteiger partial charge in [-0.15, -0.1) is 0 Å². The van der Waals surface area contributed by atoms with Crippen molar-refractivity contribution in [1.29, 1.82) is 0 Å². The zero-order chi connectivity index (χ0) is 23.1. The van der Waals surface area contributed by atoms with E-state index in [0.717, 1.165) is 16.4 Å². The summed E-state index contributed by atoms with van der Waals surface area (Å²) < 4.78 is 71.0. The Morgan fingerprint density at radius 2 is 1.00 bits per heavy atom. The Balaban J connectivity index is 2.42. The molecule has 9 heteroatoms. The molecule has 0 saturated heterocycles. The highest BCUT2D eigenvalue weighted by molar-refractivity contribution is 7.86. The minimum Gasteiger partial charge on any atom is -0.744 e. The first-order chi connectivity index (χ1) is 14.3. The van der Waals surface area contributed by atoms with Crippen LogP contribution < -0.4 is 15.9 Å². The van der Waals surface area contributed by atoms with Crippen molar-refractivity contribution in [3.63, 3.8) is 0 Å². The summed E-state index contributed by atoms with van der Waals surface area (Å²) in [5.74, 6) is 0. The molecule has 6 nitrogen and oxygen atoms in total. The van der Waals surface area contributed by atoms with Gasteiger partial charge in [0.2, 0.25) is 0 Å². The van der Waals surface area contributed by atoms with Crippen molar-refractivity contribution in [3.05, 3.63) is 76.9 Å². The fourth-order valence-electron chi connectivity index (χ4n) is 3.65. The van der Waals surface area contributed by atoms with Crippen LogP contribution in [-0.2, 0) is 20.2 Å². The lowest BCUT2D eigenvalue weighted by atomic mass is 10.1. The summed E-state index contributed by atoms with van der Waals surface area (Å²) in [5, 5.41) is 2.06. The third-order valence-electron chi connectivity index (χ3n) is 5.02. The van der Waals surface area contributed by atoms with Gasteiger partial charge >= 0.3 is 0 Å². The first-order valence-electron chi connectivity index (χ1n) is 9.30. The standard InChI is InChI=1S/C22H23O6PS2/c1-14-10-16(3)21(30(23,24)25)12-19(14)29(18-8-6-5-7-9-18)20-13-22(31(26,27)28)17(4)11-15(20)2/h5-13H,1-4H3,(H,23,24,25)(H,26,27,28)/p-2. The van der Waals surface area contributed by atoms with Gasteiger partial charge in [0.05, 0.1) is 9.79 Å². The van der Waals surface area contributed by atoms with Gasteiger partial charge in [-0.25, -0.2) is 16.8 Å². The third kappa shape index (κ3) is 4.89. The summed E-state index contributed by atoms with van der Waals surface area (Å²) >= 11 is 0. The molecule has 0 atom stereocenters. The Kier molecular flexibility index (Phi) is 6.42. The molecule has 0 saturated carbocycles. The van der Waals surface area contributed by atoms with Crippen molar-refractivity contribution in [2.24, 2.45) is 0 Å². The van der Waals surface area contributed by atoms with Gasteiger partial charge in [0.25, 0.3) is 0 Å². The van der Waals surface area contributed by atoms with Crippen LogP contribution in [0.1, 0.15) is 22.3 Å². The van der Waals surface area contributed by atoms with E-state index in [0.29, 0.717) is 21.7 Å². The molecule has 164 valence electrons. The molecule has 0 aliphatic carbocycles. The molecular weight excluding hydrogens is 455 g/mol. The predicted octanol–water partition coefficient (Wildman–Crippen LogP) is 2.49. The van der Waals surface area contributed by atoms with Crippen LogP contribution in [-0.4, -0.2) is 25.9 Å². The van der Waals surface area contributed by atoms with Crippen molar-refractivity contribution < 1.29 is 25.9 Å². The Morgan fingerprint density at radius 3 is 1.35 bits per heavy atom. The molecule has 0 amide bonds. The van der Waals surface area contributed by atoms with Crippen molar-refractivity contribution in [2.45, 2.75) is 37.5 Å². The maximum Gasteiger partial charge on any atom is 0.124 e. The van der Waals surface area contributed by atoms with E-state index in [1.807, 2.05) is 44.2 Å². The molecule has 0 heterocycles. The molecule has 31 heavy (non-hydrogen) atoms. The lowest BCUT2D eigenvalue weighted by Crippen LogP contribution is -2.26. The normalized spacial score (nSPS) is 12.4. The number of benzene rings is 3. The van der Waals surface area contributed by atoms with Crippen molar-refractivity contribution in [3.8, 4) is 0 Å². The second-order valence-corrected chi connectivity index (χ2v) is 12.2. The average Bonchev–Trinajstić information content (AvgIpc) is 2.64. The fraction of sp³-hybridized carbons (Fsp3) is 0.182. The SMILES string of the molecule is Cc1cc(C)c(S(=O)(=O)[O-])cc1P(c1ccccc1)c1cc(S(=O)(=O)[O-])c(C)cc1C. The third-order valence-corrected chi connectivity index (χ3v) is 9.72. The van der Waals surface area contributed by atoms with Gasteiger partial charge in [-0.2, -0.15) is 0 Å². The Morgan fingerprint density at radius 1 is 0.613 bits per heavy atom. The molecule has 0 unspecified atom stereocenters. The van der Waals surface area contributed by atoms with E-state index in [1.165, 1.54) is 12.1 Å². The average molecular weight is 477 g/mol. The van der Waals surface area contributed by atoms with E-state index in [2.05, 4.69) is 0 Å². The van der Waals surface area contributed by atoms with Gasteiger partial charge in [-0.1, -0.05) is 42.5 Å². The van der Waals surface area contributed by atoms with Crippen LogP contribution in [0.3, 0.4) is 0 Å². The minimum absolute atomic E-state index is 0.307. The van der Waals surface area contributed by atoms with E-state index in [4.69, 9.17) is 0 Å². The van der Waals surface area contributed by atoms with Gasteiger partial charge in [0.1, 0.15) is 20.2 Å². The minimum atomic E-state index is -4.70. The number of hydrogen-bond acceptors (Lipinski definition) is 6. The van der Waals surface area contributed by atoms with E-state index in [1.54, 1.807) is 26.0 Å². The zero-order valence-electron chi connectivity index (χ0n) is 17.4. The molecule has 3 aromatic rings. The molecule has 3 rings (SSSR count). The number of rotatable bonds is 5. The van der Waals surface area contributed by atoms with Crippen molar-refractivity contribution >= 4 is 44.1 Å². The van der Waals surface area contributed by atoms with E-state index >= 15 is 0 Å². The Bertz CT molecular complexity index is 1280. The second kappa shape index (κ2) is 8.45. The molecule has 0 N–H and O–H groups in total. The highest BCUT2D eigenvalue weighted by Gasteiger charge is 2.24. The van der Waals surface area contributed by atoms with Gasteiger partial charge in [0.15, 0.2) is 0 Å². The summed E-state index contributed by atoms with van der Waals surface area (Å²) in [5.41, 5.74) is 2.24. The fourth-order valence-corrected chi connectivity index (χ4v) is 7.89. The lowest BCUT2D eigenvalue weighted by Gasteiger charge is -2.26. The van der Waals surface area contributed by atoms with Crippen LogP contribution in [0.5, 0.6) is 0 Å². The summed E-state index contributed by atoms with van der Waals surface area (Å²) in [6.45, 7) is 6.75. The second-order valence-electron chi connectivity index (χ2n) is 7.39. The van der Waals surface area contributed by atoms with Crippen LogP contribution in [0, 0.1) is 27.7 Å². The summed E-state index contributed by atoms with van der Waals surface area (Å²) in [4.78, 5) is -0.615. The molecule has 0 aliphatic heterocycles. The maximum atomic E-state index is 11.8. The first-order valence-corrected chi connectivity index (χ1v) is 13.5. The Labute approximate surface area is 184 Å². The summed E-state index contributed by atoms with van der Waals surface area (Å²) in [7, 11) is -10.9. The highest BCUT2D eigenvalue weighted by Crippen LogP contribution is 2.38. The molecule has 0 radical (unpaired) electrons. The van der Waals surface area contributed by atoms with Crippen molar-refractivity contribution in [1.82, 2.24) is 0 Å². The van der Waals surface area contributed by atoms with Gasteiger partial charge in [0, 0.05) is 0 Å². The lowest BCUT2D eigenvalue weighted by molar-refractivity contribution is 0.460. The van der Waals surface area contributed by atoms with Crippen LogP contribution in [0.2, 0.25) is 0 Å². The summed E-state index contributed by atoms with van der Waals surface area (Å²) in [6, 6.07) is 15.3. The van der Waals surface area contributed by atoms with Crippen LogP contribution in [0.25, 0.3) is 0 Å². The van der Waals surface area contributed by atoms with Gasteiger partial charge in [-0.05, 0) is 85.9 Å². The van der Waals surface area contributed by atoms with Gasteiger partial charge in [-0.3, -0.25) is 0 Å². The Hall–Kier alpha value is -2.09. The van der Waals surface area contributed by atoms with Crippen LogP contribution in [0.15, 0.2) is 64.4 Å². The topological polar surface area (TPSA) is 114 Å². The van der Waals surface area contributed by atoms with Gasteiger partial charge < -0.3 is 9.11 Å². The summed E-state index contributed by atoms with van der Waals surface area (Å²) in [6.07, 6.45) is 0. The largest absolute Gasteiger partial charge is 0.744 e. The molecule has 0 fully saturated rings. The van der Waals surface area contributed by atoms with E-state index in [-0.39, 0.29) is 9.79 Å². The molecule has 3 aromatic carbocycles. The van der Waals surface area contributed by atoms with E-state index in [9.17, 15) is 25.9 Å². The molecule has 0 aromatic heterocycles. The van der Waals surface area contributed by atoms with E-state index < -0.39 is 28.2 Å². The smallest absolute Gasteiger partial charge is 0.124 e. The van der Waals surface area contributed by atoms with Crippen molar-refractivity contribution in [2.75, 3.05) is 0 Å². The molecule has 0 aliphatic rings. The zero-order valence-corrected chi connectivity index (χ0v) is 19.9. The quantitative estimate of drug-likeness (QED) is 0.413.